The predicted molar refractivity (Wildman–Crippen MR) is 94.1 cm³/mol. The largest absolute Gasteiger partial charge is 0.466 e. The van der Waals surface area contributed by atoms with Crippen molar-refractivity contribution in [1.29, 1.82) is 0 Å². The highest BCUT2D eigenvalue weighted by atomic mass is 16.6. The molecule has 7 heteroatoms. The van der Waals surface area contributed by atoms with Crippen LogP contribution in [0.15, 0.2) is 12.7 Å². The number of amides is 2. The van der Waals surface area contributed by atoms with Crippen LogP contribution in [0, 0.1) is 5.92 Å². The van der Waals surface area contributed by atoms with Crippen molar-refractivity contribution in [2.24, 2.45) is 5.92 Å². The number of carbonyl (C=O) groups excluding carboxylic acids is 3. The molecule has 0 bridgehead atoms. The van der Waals surface area contributed by atoms with Crippen LogP contribution in [0.1, 0.15) is 54.9 Å². The van der Waals surface area contributed by atoms with Crippen molar-refractivity contribution in [3.63, 3.8) is 0 Å². The normalized spacial score (nSPS) is 12.8. The fourth-order valence-corrected chi connectivity index (χ4v) is 1.75. The Labute approximate surface area is 150 Å². The molecular formula is C18H31NO6. The summed E-state index contributed by atoms with van der Waals surface area (Å²) in [7, 11) is 0. The van der Waals surface area contributed by atoms with E-state index in [0.717, 1.165) is 4.90 Å². The molecule has 0 aliphatic heterocycles. The summed E-state index contributed by atoms with van der Waals surface area (Å²) in [6.07, 6.45) is -0.173. The molecule has 0 N–H and O–H groups in total. The fraction of sp³-hybridized carbons (Fsp3) is 0.722. The van der Waals surface area contributed by atoms with Crippen LogP contribution in [-0.4, -0.2) is 47.4 Å². The van der Waals surface area contributed by atoms with Crippen LogP contribution in [0.4, 0.5) is 9.59 Å². The summed E-state index contributed by atoms with van der Waals surface area (Å²) in [5, 5.41) is 0. The van der Waals surface area contributed by atoms with Gasteiger partial charge in [0.25, 0.3) is 0 Å². The predicted octanol–water partition coefficient (Wildman–Crippen LogP) is 3.91. The van der Waals surface area contributed by atoms with Gasteiger partial charge in [-0.15, -0.1) is 6.58 Å². The Morgan fingerprint density at radius 3 is 1.76 bits per heavy atom. The summed E-state index contributed by atoms with van der Waals surface area (Å²) in [6, 6.07) is 0. The standard InChI is InChI=1S/C18H31NO6/c1-9-13(11-14(20)23-10-2)12-19(15(21)24-17(3,4)5)16(22)25-18(6,7)8/h9,13H,1,10-12H2,2-8H3/t13-/m1/s1. The minimum absolute atomic E-state index is 0.000560. The van der Waals surface area contributed by atoms with E-state index in [-0.39, 0.29) is 19.6 Å². The molecule has 0 saturated heterocycles. The lowest BCUT2D eigenvalue weighted by Crippen LogP contribution is -2.45. The van der Waals surface area contributed by atoms with Gasteiger partial charge in [-0.2, -0.15) is 0 Å². The second-order valence-corrected chi connectivity index (χ2v) is 7.58. The van der Waals surface area contributed by atoms with Gasteiger partial charge in [-0.25, -0.2) is 14.5 Å². The quantitative estimate of drug-likeness (QED) is 0.407. The summed E-state index contributed by atoms with van der Waals surface area (Å²) in [5.41, 5.74) is -1.55. The van der Waals surface area contributed by atoms with Gasteiger partial charge in [0.2, 0.25) is 0 Å². The van der Waals surface area contributed by atoms with Crippen molar-refractivity contribution in [3.05, 3.63) is 12.7 Å². The molecule has 0 fully saturated rings. The molecule has 0 aliphatic carbocycles. The first kappa shape index (κ1) is 22.9. The van der Waals surface area contributed by atoms with Gasteiger partial charge < -0.3 is 14.2 Å². The smallest absolute Gasteiger partial charge is 0.419 e. The number of nitrogens with zero attached hydrogens (tertiary/aromatic N) is 1. The lowest BCUT2D eigenvalue weighted by molar-refractivity contribution is -0.144. The van der Waals surface area contributed by atoms with Gasteiger partial charge in [0, 0.05) is 12.5 Å². The van der Waals surface area contributed by atoms with Crippen LogP contribution in [0.2, 0.25) is 0 Å². The highest BCUT2D eigenvalue weighted by molar-refractivity contribution is 5.88. The molecular weight excluding hydrogens is 326 g/mol. The lowest BCUT2D eigenvalue weighted by Gasteiger charge is -2.30. The maximum Gasteiger partial charge on any atom is 0.419 e. The number of imide groups is 1. The number of hydrogen-bond donors (Lipinski definition) is 0. The van der Waals surface area contributed by atoms with Gasteiger partial charge in [-0.1, -0.05) is 6.08 Å². The molecule has 0 heterocycles. The molecule has 144 valence electrons. The zero-order valence-corrected chi connectivity index (χ0v) is 16.4. The Balaban J connectivity index is 5.28. The van der Waals surface area contributed by atoms with Gasteiger partial charge in [-0.05, 0) is 48.5 Å². The molecule has 0 aliphatic rings. The Morgan fingerprint density at radius 2 is 1.44 bits per heavy atom. The molecule has 0 saturated carbocycles. The second kappa shape index (κ2) is 9.44. The van der Waals surface area contributed by atoms with Crippen molar-refractivity contribution in [2.45, 2.75) is 66.1 Å². The van der Waals surface area contributed by atoms with Crippen molar-refractivity contribution in [2.75, 3.05) is 13.2 Å². The third kappa shape index (κ3) is 10.4. The van der Waals surface area contributed by atoms with Crippen LogP contribution in [0.5, 0.6) is 0 Å². The van der Waals surface area contributed by atoms with E-state index in [2.05, 4.69) is 6.58 Å². The maximum absolute atomic E-state index is 12.4. The van der Waals surface area contributed by atoms with Crippen LogP contribution >= 0.6 is 0 Å². The molecule has 0 aromatic carbocycles. The van der Waals surface area contributed by atoms with E-state index in [4.69, 9.17) is 14.2 Å². The Kier molecular flexibility index (Phi) is 8.66. The molecule has 0 rings (SSSR count). The van der Waals surface area contributed by atoms with E-state index >= 15 is 0 Å². The molecule has 1 atom stereocenters. The number of hydrogen-bond acceptors (Lipinski definition) is 6. The Bertz CT molecular complexity index is 459. The van der Waals surface area contributed by atoms with Crippen LogP contribution in [-0.2, 0) is 19.0 Å². The van der Waals surface area contributed by atoms with E-state index in [1.54, 1.807) is 48.5 Å². The Morgan fingerprint density at radius 1 is 1.00 bits per heavy atom. The zero-order chi connectivity index (χ0) is 19.8. The molecule has 0 spiro atoms. The number of carbonyl (C=O) groups is 3. The number of rotatable bonds is 6. The maximum atomic E-state index is 12.4. The first-order valence-electron chi connectivity index (χ1n) is 8.30. The summed E-state index contributed by atoms with van der Waals surface area (Å²) < 4.78 is 15.4. The SMILES string of the molecule is C=C[C@H](CC(=O)OCC)CN(C(=O)OC(C)(C)C)C(=O)OC(C)(C)C. The molecule has 2 amide bonds. The third-order valence-electron chi connectivity index (χ3n) is 2.71. The minimum Gasteiger partial charge on any atom is -0.466 e. The average Bonchev–Trinajstić information content (AvgIpc) is 2.39. The monoisotopic (exact) mass is 357 g/mol. The van der Waals surface area contributed by atoms with Gasteiger partial charge in [0.05, 0.1) is 13.0 Å². The molecule has 25 heavy (non-hydrogen) atoms. The van der Waals surface area contributed by atoms with E-state index < -0.39 is 35.3 Å². The summed E-state index contributed by atoms with van der Waals surface area (Å²) >= 11 is 0. The van der Waals surface area contributed by atoms with Crippen molar-refractivity contribution >= 4 is 18.2 Å². The van der Waals surface area contributed by atoms with Crippen LogP contribution in [0.25, 0.3) is 0 Å². The topological polar surface area (TPSA) is 82.1 Å². The van der Waals surface area contributed by atoms with Crippen molar-refractivity contribution in [3.8, 4) is 0 Å². The zero-order valence-electron chi connectivity index (χ0n) is 16.4. The summed E-state index contributed by atoms with van der Waals surface area (Å²) in [6.45, 7) is 15.7. The van der Waals surface area contributed by atoms with Crippen molar-refractivity contribution < 1.29 is 28.6 Å². The number of esters is 1. The fourth-order valence-electron chi connectivity index (χ4n) is 1.75. The molecule has 0 aromatic heterocycles. The molecule has 7 nitrogen and oxygen atoms in total. The van der Waals surface area contributed by atoms with Gasteiger partial charge in [0.15, 0.2) is 0 Å². The second-order valence-electron chi connectivity index (χ2n) is 7.58. The van der Waals surface area contributed by atoms with Crippen LogP contribution in [0.3, 0.4) is 0 Å². The lowest BCUT2D eigenvalue weighted by atomic mass is 10.1. The highest BCUT2D eigenvalue weighted by Crippen LogP contribution is 2.17. The Hall–Kier alpha value is -2.05. The molecule has 0 aromatic rings. The summed E-state index contributed by atoms with van der Waals surface area (Å²) in [5.74, 6) is -0.903. The summed E-state index contributed by atoms with van der Waals surface area (Å²) in [4.78, 5) is 37.3. The molecule has 0 radical (unpaired) electrons. The van der Waals surface area contributed by atoms with E-state index in [1.807, 2.05) is 0 Å². The minimum atomic E-state index is -0.836. The average molecular weight is 357 g/mol. The number of ether oxygens (including phenoxy) is 3. The highest BCUT2D eigenvalue weighted by Gasteiger charge is 2.33. The van der Waals surface area contributed by atoms with E-state index in [0.29, 0.717) is 0 Å². The van der Waals surface area contributed by atoms with Crippen molar-refractivity contribution in [1.82, 2.24) is 4.90 Å². The first-order chi connectivity index (χ1) is 11.3. The van der Waals surface area contributed by atoms with Gasteiger partial charge in [0.1, 0.15) is 11.2 Å². The molecule has 0 unspecified atom stereocenters. The third-order valence-corrected chi connectivity index (χ3v) is 2.71. The van der Waals surface area contributed by atoms with E-state index in [9.17, 15) is 14.4 Å². The van der Waals surface area contributed by atoms with Gasteiger partial charge >= 0.3 is 18.2 Å². The van der Waals surface area contributed by atoms with Crippen LogP contribution < -0.4 is 0 Å². The first-order valence-corrected chi connectivity index (χ1v) is 8.30. The van der Waals surface area contributed by atoms with E-state index in [1.165, 1.54) is 6.08 Å². The van der Waals surface area contributed by atoms with Gasteiger partial charge in [-0.3, -0.25) is 4.79 Å².